The van der Waals surface area contributed by atoms with Crippen molar-refractivity contribution in [1.29, 1.82) is 0 Å². The van der Waals surface area contributed by atoms with Crippen LogP contribution in [0.3, 0.4) is 0 Å². The monoisotopic (exact) mass is 363 g/mol. The van der Waals surface area contributed by atoms with Crippen LogP contribution in [0.15, 0.2) is 40.9 Å². The van der Waals surface area contributed by atoms with Gasteiger partial charge >= 0.3 is 0 Å². The molecule has 5 nitrogen and oxygen atoms in total. The molecule has 0 spiro atoms. The molecule has 1 heterocycles. The van der Waals surface area contributed by atoms with Gasteiger partial charge in [0.1, 0.15) is 0 Å². The molecule has 106 valence electrons. The number of nitrogen functional groups attached to an aromatic ring is 1. The van der Waals surface area contributed by atoms with Crippen molar-refractivity contribution in [2.24, 2.45) is 0 Å². The average molecular weight is 365 g/mol. The molecule has 2 N–H and O–H groups in total. The van der Waals surface area contributed by atoms with Gasteiger partial charge in [-0.15, -0.1) is 5.10 Å². The van der Waals surface area contributed by atoms with E-state index in [0.717, 1.165) is 15.6 Å². The Morgan fingerprint density at radius 2 is 2.05 bits per heavy atom. The predicted molar refractivity (Wildman–Crippen MR) is 86.4 cm³/mol. The third kappa shape index (κ3) is 2.52. The third-order valence-corrected chi connectivity index (χ3v) is 4.04. The van der Waals surface area contributed by atoms with Crippen molar-refractivity contribution in [2.75, 3.05) is 5.73 Å². The number of tetrazole rings is 1. The predicted octanol–water partition coefficient (Wildman–Crippen LogP) is 3.64. The zero-order valence-electron chi connectivity index (χ0n) is 11.1. The summed E-state index contributed by atoms with van der Waals surface area (Å²) in [4.78, 5) is 0. The lowest BCUT2D eigenvalue weighted by molar-refractivity contribution is 0.791. The van der Waals surface area contributed by atoms with E-state index in [-0.39, 0.29) is 0 Å². The highest BCUT2D eigenvalue weighted by Crippen LogP contribution is 2.30. The Balaban J connectivity index is 2.22. The summed E-state index contributed by atoms with van der Waals surface area (Å²) in [6, 6.07) is 11.2. The van der Waals surface area contributed by atoms with E-state index in [4.69, 9.17) is 17.3 Å². The fraction of sp³-hybridized carbons (Fsp3) is 0.0714. The van der Waals surface area contributed by atoms with Crippen LogP contribution in [0.25, 0.3) is 17.1 Å². The second-order valence-electron chi connectivity index (χ2n) is 4.53. The van der Waals surface area contributed by atoms with Crippen LogP contribution in [0.1, 0.15) is 5.56 Å². The molecule has 3 aromatic rings. The molecular formula is C14H11BrClN5. The first-order valence-electron chi connectivity index (χ1n) is 6.17. The maximum atomic E-state index is 6.26. The molecule has 21 heavy (non-hydrogen) atoms. The minimum Gasteiger partial charge on any atom is -0.398 e. The Bertz CT molecular complexity index is 798. The van der Waals surface area contributed by atoms with Gasteiger partial charge in [0.15, 0.2) is 5.82 Å². The quantitative estimate of drug-likeness (QED) is 0.705. The molecule has 0 aliphatic rings. The zero-order valence-corrected chi connectivity index (χ0v) is 13.4. The second-order valence-corrected chi connectivity index (χ2v) is 5.85. The second kappa shape index (κ2) is 5.46. The lowest BCUT2D eigenvalue weighted by Gasteiger charge is -2.10. The summed E-state index contributed by atoms with van der Waals surface area (Å²) >= 11 is 9.68. The number of benzene rings is 2. The molecule has 1 aromatic heterocycles. The van der Waals surface area contributed by atoms with Crippen LogP contribution < -0.4 is 5.73 Å². The molecule has 0 atom stereocenters. The highest BCUT2D eigenvalue weighted by atomic mass is 79.9. The molecule has 0 saturated heterocycles. The molecule has 0 aliphatic carbocycles. The van der Waals surface area contributed by atoms with Gasteiger partial charge in [0.2, 0.25) is 0 Å². The van der Waals surface area contributed by atoms with E-state index in [1.807, 2.05) is 37.3 Å². The molecule has 0 saturated carbocycles. The number of hydrogen-bond donors (Lipinski definition) is 1. The molecule has 0 aliphatic heterocycles. The summed E-state index contributed by atoms with van der Waals surface area (Å²) in [6.07, 6.45) is 0. The largest absolute Gasteiger partial charge is 0.398 e. The maximum absolute atomic E-state index is 6.26. The van der Waals surface area contributed by atoms with Gasteiger partial charge in [-0.05, 0) is 47.2 Å². The summed E-state index contributed by atoms with van der Waals surface area (Å²) in [5.74, 6) is 0.597. The smallest absolute Gasteiger partial charge is 0.187 e. The Labute approximate surface area is 134 Å². The van der Waals surface area contributed by atoms with Gasteiger partial charge in [-0.25, -0.2) is 0 Å². The molecular weight excluding hydrogens is 354 g/mol. The minimum atomic E-state index is 0.563. The summed E-state index contributed by atoms with van der Waals surface area (Å²) in [6.45, 7) is 1.94. The first kappa shape index (κ1) is 14.0. The highest BCUT2D eigenvalue weighted by molar-refractivity contribution is 9.10. The van der Waals surface area contributed by atoms with Crippen molar-refractivity contribution in [3.05, 3.63) is 51.5 Å². The van der Waals surface area contributed by atoms with Crippen LogP contribution in [0, 0.1) is 6.92 Å². The summed E-state index contributed by atoms with van der Waals surface area (Å²) in [5, 5.41) is 12.5. The number of anilines is 1. The van der Waals surface area contributed by atoms with E-state index in [9.17, 15) is 0 Å². The normalized spacial score (nSPS) is 10.8. The fourth-order valence-electron chi connectivity index (χ4n) is 2.06. The summed E-state index contributed by atoms with van der Waals surface area (Å²) in [7, 11) is 0. The van der Waals surface area contributed by atoms with Gasteiger partial charge in [-0.1, -0.05) is 39.7 Å². The van der Waals surface area contributed by atoms with Crippen molar-refractivity contribution in [3.8, 4) is 17.1 Å². The van der Waals surface area contributed by atoms with E-state index in [1.165, 1.54) is 0 Å². The number of rotatable bonds is 2. The van der Waals surface area contributed by atoms with Gasteiger partial charge in [-0.2, -0.15) is 4.68 Å². The standard InChI is InChI=1S/C14H11BrClN5/c1-8-10(3-2-4-12(8)17)14-18-19-20-21(14)13-7-9(15)5-6-11(13)16/h2-7H,17H2,1H3. The molecule has 0 fully saturated rings. The van der Waals surface area contributed by atoms with E-state index < -0.39 is 0 Å². The lowest BCUT2D eigenvalue weighted by atomic mass is 10.1. The number of nitrogens with two attached hydrogens (primary N) is 1. The highest BCUT2D eigenvalue weighted by Gasteiger charge is 2.16. The minimum absolute atomic E-state index is 0.563. The SMILES string of the molecule is Cc1c(N)cccc1-c1nnnn1-c1cc(Br)ccc1Cl. The number of aromatic nitrogens is 4. The molecule has 7 heteroatoms. The molecule has 0 radical (unpaired) electrons. The maximum Gasteiger partial charge on any atom is 0.187 e. The Morgan fingerprint density at radius 3 is 2.86 bits per heavy atom. The van der Waals surface area contributed by atoms with E-state index in [0.29, 0.717) is 22.2 Å². The van der Waals surface area contributed by atoms with Crippen LogP contribution >= 0.6 is 27.5 Å². The first-order chi connectivity index (χ1) is 10.1. The fourth-order valence-corrected chi connectivity index (χ4v) is 2.61. The molecule has 0 unspecified atom stereocenters. The topological polar surface area (TPSA) is 69.6 Å². The zero-order chi connectivity index (χ0) is 15.0. The molecule has 3 rings (SSSR count). The van der Waals surface area contributed by atoms with Crippen LogP contribution in [0.5, 0.6) is 0 Å². The summed E-state index contributed by atoms with van der Waals surface area (Å²) < 4.78 is 2.50. The van der Waals surface area contributed by atoms with Crippen molar-refractivity contribution in [3.63, 3.8) is 0 Å². The molecule has 2 aromatic carbocycles. The summed E-state index contributed by atoms with van der Waals surface area (Å²) in [5.41, 5.74) is 9.16. The number of halogens is 2. The molecule has 0 bridgehead atoms. The number of hydrogen-bond acceptors (Lipinski definition) is 4. The van der Waals surface area contributed by atoms with Gasteiger partial charge in [0, 0.05) is 15.7 Å². The number of nitrogens with zero attached hydrogens (tertiary/aromatic N) is 4. The Kier molecular flexibility index (Phi) is 3.65. The van der Waals surface area contributed by atoms with E-state index in [2.05, 4.69) is 31.5 Å². The Morgan fingerprint density at radius 1 is 1.24 bits per heavy atom. The van der Waals surface area contributed by atoms with Crippen molar-refractivity contribution >= 4 is 33.2 Å². The van der Waals surface area contributed by atoms with Crippen molar-refractivity contribution in [1.82, 2.24) is 20.2 Å². The lowest BCUT2D eigenvalue weighted by Crippen LogP contribution is -2.02. The Hall–Kier alpha value is -1.92. The van der Waals surface area contributed by atoms with E-state index >= 15 is 0 Å². The van der Waals surface area contributed by atoms with Gasteiger partial charge in [-0.3, -0.25) is 0 Å². The first-order valence-corrected chi connectivity index (χ1v) is 7.34. The van der Waals surface area contributed by atoms with Crippen LogP contribution in [0.4, 0.5) is 5.69 Å². The van der Waals surface area contributed by atoms with Crippen LogP contribution in [-0.2, 0) is 0 Å². The third-order valence-electron chi connectivity index (χ3n) is 3.22. The van der Waals surface area contributed by atoms with Gasteiger partial charge in [0.05, 0.1) is 10.7 Å². The van der Waals surface area contributed by atoms with Gasteiger partial charge < -0.3 is 5.73 Å². The van der Waals surface area contributed by atoms with Crippen LogP contribution in [-0.4, -0.2) is 20.2 Å². The molecule has 0 amide bonds. The van der Waals surface area contributed by atoms with Crippen LogP contribution in [0.2, 0.25) is 5.02 Å². The van der Waals surface area contributed by atoms with Crippen molar-refractivity contribution < 1.29 is 0 Å². The van der Waals surface area contributed by atoms with E-state index in [1.54, 1.807) is 10.7 Å². The van der Waals surface area contributed by atoms with Crippen molar-refractivity contribution in [2.45, 2.75) is 6.92 Å². The van der Waals surface area contributed by atoms with Gasteiger partial charge in [0.25, 0.3) is 0 Å². The average Bonchev–Trinajstić information content (AvgIpc) is 2.93.